The van der Waals surface area contributed by atoms with Crippen molar-refractivity contribution >= 4 is 18.0 Å². The number of hydrogen-bond donors (Lipinski definition) is 2. The lowest BCUT2D eigenvalue weighted by atomic mass is 10.1. The number of likely N-dealkylation sites (tertiary alicyclic amines) is 1. The molecule has 8 nitrogen and oxygen atoms in total. The summed E-state index contributed by atoms with van der Waals surface area (Å²) in [4.78, 5) is 32.3. The highest BCUT2D eigenvalue weighted by Crippen LogP contribution is 2.15. The van der Waals surface area contributed by atoms with Gasteiger partial charge in [-0.25, -0.2) is 9.79 Å². The number of benzene rings is 1. The van der Waals surface area contributed by atoms with Crippen LogP contribution in [0.15, 0.2) is 35.3 Å². The second-order valence-corrected chi connectivity index (χ2v) is 8.70. The maximum absolute atomic E-state index is 12.4. The SMILES string of the molecule is CN(C)C(=O)CNC(=NCc1ccccc1)NC1CCCN(C(=O)OC(C)(C)C)C1. The highest BCUT2D eigenvalue weighted by atomic mass is 16.6. The summed E-state index contributed by atoms with van der Waals surface area (Å²) in [6.07, 6.45) is 1.49. The van der Waals surface area contributed by atoms with Crippen LogP contribution >= 0.6 is 0 Å². The van der Waals surface area contributed by atoms with Gasteiger partial charge in [0.05, 0.1) is 13.1 Å². The molecule has 2 rings (SSSR count). The van der Waals surface area contributed by atoms with Crippen molar-refractivity contribution in [3.05, 3.63) is 35.9 Å². The van der Waals surface area contributed by atoms with Crippen molar-refractivity contribution in [3.8, 4) is 0 Å². The molecule has 2 amide bonds. The van der Waals surface area contributed by atoms with Crippen molar-refractivity contribution in [2.45, 2.75) is 51.8 Å². The molecule has 8 heteroatoms. The monoisotopic (exact) mass is 417 g/mol. The minimum absolute atomic E-state index is 0.0303. The van der Waals surface area contributed by atoms with E-state index in [2.05, 4.69) is 15.6 Å². The fraction of sp³-hybridized carbons (Fsp3) is 0.591. The quantitative estimate of drug-likeness (QED) is 0.567. The summed E-state index contributed by atoms with van der Waals surface area (Å²) in [6.45, 7) is 7.45. The van der Waals surface area contributed by atoms with Gasteiger partial charge in [0.25, 0.3) is 0 Å². The highest BCUT2D eigenvalue weighted by molar-refractivity contribution is 5.86. The number of aliphatic imine (C=N–C) groups is 1. The van der Waals surface area contributed by atoms with E-state index in [0.29, 0.717) is 25.6 Å². The third-order valence-corrected chi connectivity index (χ3v) is 4.58. The molecule has 1 atom stereocenters. The minimum atomic E-state index is -0.520. The first-order valence-corrected chi connectivity index (χ1v) is 10.4. The topological polar surface area (TPSA) is 86.3 Å². The third kappa shape index (κ3) is 8.31. The molecule has 30 heavy (non-hydrogen) atoms. The molecule has 1 aliphatic rings. The first-order chi connectivity index (χ1) is 14.1. The van der Waals surface area contributed by atoms with Gasteiger partial charge in [-0.3, -0.25) is 4.79 Å². The van der Waals surface area contributed by atoms with E-state index in [9.17, 15) is 9.59 Å². The molecule has 1 aromatic carbocycles. The van der Waals surface area contributed by atoms with Gasteiger partial charge >= 0.3 is 6.09 Å². The fourth-order valence-electron chi connectivity index (χ4n) is 3.00. The maximum atomic E-state index is 12.4. The first kappa shape index (κ1) is 23.5. The molecule has 0 spiro atoms. The van der Waals surface area contributed by atoms with Crippen molar-refractivity contribution in [1.29, 1.82) is 0 Å². The largest absolute Gasteiger partial charge is 0.444 e. The van der Waals surface area contributed by atoms with Crippen molar-refractivity contribution in [2.75, 3.05) is 33.7 Å². The van der Waals surface area contributed by atoms with Crippen molar-refractivity contribution in [1.82, 2.24) is 20.4 Å². The predicted molar refractivity (Wildman–Crippen MR) is 118 cm³/mol. The molecule has 0 bridgehead atoms. The fourth-order valence-corrected chi connectivity index (χ4v) is 3.00. The highest BCUT2D eigenvalue weighted by Gasteiger charge is 2.28. The molecule has 2 N–H and O–H groups in total. The van der Waals surface area contributed by atoms with E-state index in [-0.39, 0.29) is 24.6 Å². The van der Waals surface area contributed by atoms with Gasteiger partial charge in [0.2, 0.25) is 5.91 Å². The molecule has 0 saturated carbocycles. The molecule has 166 valence electrons. The van der Waals surface area contributed by atoms with Crippen LogP contribution in [0, 0.1) is 0 Å². The molecule has 1 aromatic rings. The second-order valence-electron chi connectivity index (χ2n) is 8.70. The van der Waals surface area contributed by atoms with Gasteiger partial charge in [-0.05, 0) is 39.2 Å². The molecule has 1 aliphatic heterocycles. The number of piperidine rings is 1. The van der Waals surface area contributed by atoms with E-state index in [1.165, 1.54) is 4.90 Å². The summed E-state index contributed by atoms with van der Waals surface area (Å²) in [5.74, 6) is 0.522. The van der Waals surface area contributed by atoms with Crippen LogP contribution in [0.5, 0.6) is 0 Å². The number of carbonyl (C=O) groups excluding carboxylic acids is 2. The number of likely N-dealkylation sites (N-methyl/N-ethyl adjacent to an activating group) is 1. The Hall–Kier alpha value is -2.77. The Kier molecular flexibility index (Phi) is 8.50. The zero-order valence-electron chi connectivity index (χ0n) is 18.8. The van der Waals surface area contributed by atoms with E-state index in [4.69, 9.17) is 4.74 Å². The number of amides is 2. The zero-order valence-corrected chi connectivity index (χ0v) is 18.8. The average molecular weight is 418 g/mol. The number of nitrogens with one attached hydrogen (secondary N) is 2. The Morgan fingerprint density at radius 2 is 1.93 bits per heavy atom. The van der Waals surface area contributed by atoms with Crippen molar-refractivity contribution in [3.63, 3.8) is 0 Å². The van der Waals surface area contributed by atoms with Crippen LogP contribution in [0.1, 0.15) is 39.2 Å². The molecule has 0 aromatic heterocycles. The Morgan fingerprint density at radius 1 is 1.23 bits per heavy atom. The van der Waals surface area contributed by atoms with E-state index < -0.39 is 5.60 Å². The third-order valence-electron chi connectivity index (χ3n) is 4.58. The zero-order chi connectivity index (χ0) is 22.1. The standard InChI is InChI=1S/C22H35N5O3/c1-22(2,3)30-21(29)27-13-9-12-18(16-27)25-20(24-15-19(28)26(4)5)23-14-17-10-7-6-8-11-17/h6-8,10-11,18H,9,12-16H2,1-5H3,(H2,23,24,25). The normalized spacial score (nSPS) is 17.3. The van der Waals surface area contributed by atoms with Crippen LogP contribution in [-0.2, 0) is 16.1 Å². The Morgan fingerprint density at radius 3 is 2.57 bits per heavy atom. The van der Waals surface area contributed by atoms with Crippen LogP contribution in [0.2, 0.25) is 0 Å². The molecular formula is C22H35N5O3. The Bertz CT molecular complexity index is 728. The van der Waals surface area contributed by atoms with E-state index in [1.807, 2.05) is 51.1 Å². The number of rotatable bonds is 5. The van der Waals surface area contributed by atoms with Crippen LogP contribution in [-0.4, -0.2) is 73.1 Å². The summed E-state index contributed by atoms with van der Waals surface area (Å²) >= 11 is 0. The summed E-state index contributed by atoms with van der Waals surface area (Å²) in [5.41, 5.74) is 0.560. The Balaban J connectivity index is 2.02. The van der Waals surface area contributed by atoms with Crippen LogP contribution in [0.4, 0.5) is 4.79 Å². The molecule has 1 unspecified atom stereocenters. The van der Waals surface area contributed by atoms with E-state index >= 15 is 0 Å². The van der Waals surface area contributed by atoms with Gasteiger partial charge in [-0.2, -0.15) is 0 Å². The van der Waals surface area contributed by atoms with Gasteiger partial charge in [0, 0.05) is 33.2 Å². The lowest BCUT2D eigenvalue weighted by molar-refractivity contribution is -0.127. The van der Waals surface area contributed by atoms with Crippen LogP contribution < -0.4 is 10.6 Å². The summed E-state index contributed by atoms with van der Waals surface area (Å²) in [6, 6.07) is 9.96. The molecule has 1 heterocycles. The van der Waals surface area contributed by atoms with Gasteiger partial charge < -0.3 is 25.2 Å². The molecule has 1 saturated heterocycles. The molecule has 0 radical (unpaired) electrons. The number of hydrogen-bond acceptors (Lipinski definition) is 4. The number of ether oxygens (including phenoxy) is 1. The first-order valence-electron chi connectivity index (χ1n) is 10.4. The van der Waals surface area contributed by atoms with Gasteiger partial charge in [-0.15, -0.1) is 0 Å². The van der Waals surface area contributed by atoms with Gasteiger partial charge in [0.1, 0.15) is 5.60 Å². The Labute approximate surface area is 179 Å². The minimum Gasteiger partial charge on any atom is -0.444 e. The summed E-state index contributed by atoms with van der Waals surface area (Å²) in [7, 11) is 3.44. The number of guanidine groups is 1. The summed E-state index contributed by atoms with van der Waals surface area (Å²) in [5, 5.41) is 6.50. The molecular weight excluding hydrogens is 382 g/mol. The van der Waals surface area contributed by atoms with Gasteiger partial charge in [0.15, 0.2) is 5.96 Å². The number of carbonyl (C=O) groups is 2. The van der Waals surface area contributed by atoms with Crippen LogP contribution in [0.25, 0.3) is 0 Å². The molecule has 1 fully saturated rings. The van der Waals surface area contributed by atoms with Crippen molar-refractivity contribution in [2.24, 2.45) is 4.99 Å². The van der Waals surface area contributed by atoms with E-state index in [0.717, 1.165) is 18.4 Å². The van der Waals surface area contributed by atoms with Gasteiger partial charge in [-0.1, -0.05) is 30.3 Å². The van der Waals surface area contributed by atoms with Crippen LogP contribution in [0.3, 0.4) is 0 Å². The van der Waals surface area contributed by atoms with Crippen molar-refractivity contribution < 1.29 is 14.3 Å². The average Bonchev–Trinajstić information content (AvgIpc) is 2.69. The maximum Gasteiger partial charge on any atom is 0.410 e. The number of nitrogens with zero attached hydrogens (tertiary/aromatic N) is 3. The lowest BCUT2D eigenvalue weighted by Crippen LogP contribution is -2.54. The second kappa shape index (κ2) is 10.8. The molecule has 0 aliphatic carbocycles. The van der Waals surface area contributed by atoms with E-state index in [1.54, 1.807) is 19.0 Å². The lowest BCUT2D eigenvalue weighted by Gasteiger charge is -2.35. The summed E-state index contributed by atoms with van der Waals surface area (Å²) < 4.78 is 5.50. The predicted octanol–water partition coefficient (Wildman–Crippen LogP) is 2.21. The smallest absolute Gasteiger partial charge is 0.410 e.